The Labute approximate surface area is 181 Å². The molecule has 1 aliphatic carbocycles. The van der Waals surface area contributed by atoms with Crippen LogP contribution in [0.2, 0.25) is 0 Å². The highest BCUT2D eigenvalue weighted by molar-refractivity contribution is 7.89. The molecule has 1 unspecified atom stereocenters. The maximum Gasteiger partial charge on any atom is 0.257 e. The first-order valence-corrected chi connectivity index (χ1v) is 12.8. The van der Waals surface area contributed by atoms with E-state index in [2.05, 4.69) is 26.8 Å². The lowest BCUT2D eigenvalue weighted by molar-refractivity contribution is 0.102. The lowest BCUT2D eigenvalue weighted by Gasteiger charge is -2.30. The third kappa shape index (κ3) is 5.26. The summed E-state index contributed by atoms with van der Waals surface area (Å²) in [6.45, 7) is 7.02. The molecule has 1 aromatic carbocycles. The van der Waals surface area contributed by atoms with Crippen LogP contribution in [0.15, 0.2) is 28.5 Å². The Bertz CT molecular complexity index is 1030. The molecule has 9 heteroatoms. The zero-order valence-corrected chi connectivity index (χ0v) is 19.0. The van der Waals surface area contributed by atoms with Crippen molar-refractivity contribution < 1.29 is 13.2 Å². The molecule has 2 N–H and O–H groups in total. The number of carbonyl (C=O) groups excluding carboxylic acids is 1. The molecular weight excluding hydrogens is 420 g/mol. The van der Waals surface area contributed by atoms with Gasteiger partial charge >= 0.3 is 0 Å². The molecule has 1 saturated carbocycles. The van der Waals surface area contributed by atoms with Gasteiger partial charge in [0.05, 0.1) is 10.6 Å². The average Bonchev–Trinajstić information content (AvgIpc) is 3.38. The van der Waals surface area contributed by atoms with Crippen LogP contribution in [0.1, 0.15) is 54.2 Å². The van der Waals surface area contributed by atoms with E-state index >= 15 is 0 Å². The van der Waals surface area contributed by atoms with Gasteiger partial charge in [0.2, 0.25) is 10.0 Å². The van der Waals surface area contributed by atoms with Crippen molar-refractivity contribution in [2.45, 2.75) is 57.0 Å². The van der Waals surface area contributed by atoms with Gasteiger partial charge in [0.15, 0.2) is 5.13 Å². The molecule has 4 rings (SSSR count). The number of hydrogen-bond donors (Lipinski definition) is 2. The van der Waals surface area contributed by atoms with Gasteiger partial charge in [-0.25, -0.2) is 18.1 Å². The van der Waals surface area contributed by atoms with E-state index in [9.17, 15) is 13.2 Å². The molecule has 2 aromatic rings. The van der Waals surface area contributed by atoms with Crippen molar-refractivity contribution in [3.63, 3.8) is 0 Å². The molecule has 7 nitrogen and oxygen atoms in total. The Hall–Kier alpha value is -1.81. The lowest BCUT2D eigenvalue weighted by atomic mass is 10.0. The molecule has 0 bridgehead atoms. The van der Waals surface area contributed by atoms with Crippen LogP contribution in [-0.2, 0) is 16.6 Å². The van der Waals surface area contributed by atoms with Crippen LogP contribution in [0.25, 0.3) is 0 Å². The summed E-state index contributed by atoms with van der Waals surface area (Å²) in [5.41, 5.74) is 2.01. The molecule has 0 radical (unpaired) electrons. The maximum atomic E-state index is 12.8. The Morgan fingerprint density at radius 1 is 1.30 bits per heavy atom. The second-order valence-electron chi connectivity index (χ2n) is 8.45. The summed E-state index contributed by atoms with van der Waals surface area (Å²) in [5.74, 6) is 0.362. The third-order valence-corrected chi connectivity index (χ3v) is 7.89. The number of rotatable bonds is 7. The Morgan fingerprint density at radius 2 is 2.10 bits per heavy atom. The van der Waals surface area contributed by atoms with Gasteiger partial charge in [-0.3, -0.25) is 15.0 Å². The van der Waals surface area contributed by atoms with Crippen molar-refractivity contribution in [2.24, 2.45) is 5.92 Å². The summed E-state index contributed by atoms with van der Waals surface area (Å²) in [4.78, 5) is 19.9. The maximum absolute atomic E-state index is 12.8. The van der Waals surface area contributed by atoms with Crippen LogP contribution < -0.4 is 10.0 Å². The van der Waals surface area contributed by atoms with Crippen LogP contribution in [0, 0.1) is 12.8 Å². The van der Waals surface area contributed by atoms with Crippen LogP contribution in [0.4, 0.5) is 5.13 Å². The normalized spacial score (nSPS) is 20.3. The van der Waals surface area contributed by atoms with Gasteiger partial charge < -0.3 is 0 Å². The van der Waals surface area contributed by atoms with Gasteiger partial charge in [0.1, 0.15) is 0 Å². The first kappa shape index (κ1) is 21.4. The van der Waals surface area contributed by atoms with Crippen molar-refractivity contribution in [1.82, 2.24) is 14.6 Å². The molecule has 0 spiro atoms. The summed E-state index contributed by atoms with van der Waals surface area (Å²) in [7, 11) is -3.61. The summed E-state index contributed by atoms with van der Waals surface area (Å²) < 4.78 is 27.6. The van der Waals surface area contributed by atoms with Gasteiger partial charge in [-0.2, -0.15) is 0 Å². The van der Waals surface area contributed by atoms with E-state index < -0.39 is 10.0 Å². The fourth-order valence-corrected chi connectivity index (χ4v) is 5.79. The fourth-order valence-electron chi connectivity index (χ4n) is 3.76. The topological polar surface area (TPSA) is 91.4 Å². The van der Waals surface area contributed by atoms with Crippen molar-refractivity contribution in [3.8, 4) is 0 Å². The summed E-state index contributed by atoms with van der Waals surface area (Å²) in [6.07, 6.45) is 4.21. The number of aromatic nitrogens is 1. The molecule has 1 amide bonds. The number of amides is 1. The van der Waals surface area contributed by atoms with E-state index in [1.54, 1.807) is 13.0 Å². The van der Waals surface area contributed by atoms with Gasteiger partial charge in [0.25, 0.3) is 5.91 Å². The highest BCUT2D eigenvalue weighted by Crippen LogP contribution is 2.25. The number of nitrogens with one attached hydrogen (secondary N) is 2. The van der Waals surface area contributed by atoms with E-state index in [-0.39, 0.29) is 16.8 Å². The predicted octanol–water partition coefficient (Wildman–Crippen LogP) is 3.38. The number of aryl methyl sites for hydroxylation is 1. The molecule has 1 aromatic heterocycles. The number of sulfonamides is 1. The largest absolute Gasteiger partial charge is 0.298 e. The van der Waals surface area contributed by atoms with Gasteiger partial charge in [0, 0.05) is 30.1 Å². The Balaban J connectivity index is 1.43. The van der Waals surface area contributed by atoms with Crippen LogP contribution in [0.3, 0.4) is 0 Å². The molecule has 2 aliphatic rings. The van der Waals surface area contributed by atoms with Crippen LogP contribution >= 0.6 is 11.3 Å². The van der Waals surface area contributed by atoms with Gasteiger partial charge in [-0.05, 0) is 62.8 Å². The van der Waals surface area contributed by atoms with E-state index in [4.69, 9.17) is 0 Å². The minimum absolute atomic E-state index is 0.0187. The van der Waals surface area contributed by atoms with E-state index in [0.29, 0.717) is 16.6 Å². The Morgan fingerprint density at radius 3 is 2.83 bits per heavy atom. The highest BCUT2D eigenvalue weighted by atomic mass is 32.2. The number of likely N-dealkylation sites (tertiary alicyclic amines) is 1. The minimum atomic E-state index is -3.61. The first-order valence-electron chi connectivity index (χ1n) is 10.4. The molecule has 1 saturated heterocycles. The van der Waals surface area contributed by atoms with E-state index in [0.717, 1.165) is 43.7 Å². The molecule has 30 heavy (non-hydrogen) atoms. The van der Waals surface area contributed by atoms with Crippen molar-refractivity contribution in [3.05, 3.63) is 40.4 Å². The van der Waals surface area contributed by atoms with Gasteiger partial charge in [-0.15, -0.1) is 11.3 Å². The first-order chi connectivity index (χ1) is 14.3. The third-order valence-electron chi connectivity index (χ3n) is 5.56. The zero-order chi connectivity index (χ0) is 21.3. The Kier molecular flexibility index (Phi) is 6.24. The number of hydrogen-bond acceptors (Lipinski definition) is 6. The van der Waals surface area contributed by atoms with Crippen LogP contribution in [0.5, 0.6) is 0 Å². The van der Waals surface area contributed by atoms with E-state index in [1.165, 1.54) is 36.3 Å². The second kappa shape index (κ2) is 8.74. The number of benzene rings is 1. The number of piperidine rings is 1. The monoisotopic (exact) mass is 448 g/mol. The van der Waals surface area contributed by atoms with E-state index in [1.807, 2.05) is 5.38 Å². The number of anilines is 1. The summed E-state index contributed by atoms with van der Waals surface area (Å²) in [5, 5.41) is 5.34. The van der Waals surface area contributed by atoms with Crippen molar-refractivity contribution in [2.75, 3.05) is 18.4 Å². The molecule has 2 fully saturated rings. The SMILES string of the molecule is Cc1ccc(S(=O)(=O)NC2CC2)cc1C(=O)Nc1nc(CN2CCCC(C)C2)cs1. The molecule has 2 heterocycles. The summed E-state index contributed by atoms with van der Waals surface area (Å²) in [6, 6.07) is 4.67. The molecule has 1 atom stereocenters. The van der Waals surface area contributed by atoms with Crippen molar-refractivity contribution >= 4 is 32.4 Å². The molecular formula is C21H28N4O3S2. The lowest BCUT2D eigenvalue weighted by Crippen LogP contribution is -2.33. The van der Waals surface area contributed by atoms with Gasteiger partial charge in [-0.1, -0.05) is 13.0 Å². The zero-order valence-electron chi connectivity index (χ0n) is 17.3. The second-order valence-corrected chi connectivity index (χ2v) is 11.0. The number of nitrogens with zero attached hydrogens (tertiary/aromatic N) is 2. The quantitative estimate of drug-likeness (QED) is 0.678. The number of thiazole rings is 1. The molecule has 162 valence electrons. The smallest absolute Gasteiger partial charge is 0.257 e. The highest BCUT2D eigenvalue weighted by Gasteiger charge is 2.28. The summed E-state index contributed by atoms with van der Waals surface area (Å²) >= 11 is 1.39. The predicted molar refractivity (Wildman–Crippen MR) is 118 cm³/mol. The minimum Gasteiger partial charge on any atom is -0.298 e. The average molecular weight is 449 g/mol. The number of carbonyl (C=O) groups is 1. The standard InChI is InChI=1S/C21H28N4O3S2/c1-14-4-3-9-25(11-14)12-17-13-29-21(22-17)23-20(26)19-10-18(8-5-15(19)2)30(27,28)24-16-6-7-16/h5,8,10,13-14,16,24H,3-4,6-7,9,11-12H2,1-2H3,(H,22,23,26). The molecule has 1 aliphatic heterocycles. The van der Waals surface area contributed by atoms with Crippen molar-refractivity contribution in [1.29, 1.82) is 0 Å². The van der Waals surface area contributed by atoms with Crippen LogP contribution in [-0.4, -0.2) is 43.3 Å². The fraction of sp³-hybridized carbons (Fsp3) is 0.524.